The average molecular weight is 268 g/mol. The third-order valence-corrected chi connectivity index (χ3v) is 3.25. The Bertz CT molecular complexity index is 364. The number of hydrogen-bond acceptors (Lipinski definition) is 3. The minimum atomic E-state index is -1.13. The van der Waals surface area contributed by atoms with Gasteiger partial charge in [-0.15, -0.1) is 12.3 Å². The maximum absolute atomic E-state index is 12.0. The summed E-state index contributed by atoms with van der Waals surface area (Å²) in [7, 11) is 0. The van der Waals surface area contributed by atoms with E-state index in [1.165, 1.54) is 0 Å². The maximum Gasteiger partial charge on any atom is 0.327 e. The summed E-state index contributed by atoms with van der Waals surface area (Å²) in [5.74, 6) is 1.12. The SMILES string of the molecule is C#CCC(NC(=O)N1CCCC1CCCO)C(=O)O. The second-order valence-electron chi connectivity index (χ2n) is 4.60. The molecule has 0 spiro atoms. The van der Waals surface area contributed by atoms with Crippen LogP contribution in [0.3, 0.4) is 0 Å². The first-order valence-electron chi connectivity index (χ1n) is 6.44. The standard InChI is InChI=1S/C13H20N2O4/c1-2-5-11(12(17)18)14-13(19)15-8-3-6-10(15)7-4-9-16/h1,10-11,16H,3-9H2,(H,14,19)(H,17,18). The molecule has 0 saturated carbocycles. The van der Waals surface area contributed by atoms with Crippen LogP contribution in [-0.4, -0.2) is 52.3 Å². The number of hydrogen-bond donors (Lipinski definition) is 3. The molecule has 6 nitrogen and oxygen atoms in total. The number of rotatable bonds is 6. The van der Waals surface area contributed by atoms with E-state index < -0.39 is 12.0 Å². The number of carboxylic acids is 1. The number of carboxylic acid groups (broad SMARTS) is 1. The average Bonchev–Trinajstić information content (AvgIpc) is 2.83. The number of carbonyl (C=O) groups is 2. The number of amides is 2. The Labute approximate surface area is 112 Å². The summed E-state index contributed by atoms with van der Waals surface area (Å²) in [6.07, 6.45) is 8.21. The highest BCUT2D eigenvalue weighted by atomic mass is 16.4. The zero-order valence-electron chi connectivity index (χ0n) is 10.8. The topological polar surface area (TPSA) is 89.9 Å². The molecule has 19 heavy (non-hydrogen) atoms. The zero-order chi connectivity index (χ0) is 14.3. The van der Waals surface area contributed by atoms with Gasteiger partial charge in [0.05, 0.1) is 0 Å². The Kier molecular flexibility index (Phi) is 6.16. The van der Waals surface area contributed by atoms with E-state index in [2.05, 4.69) is 11.2 Å². The molecule has 1 fully saturated rings. The Hall–Kier alpha value is -1.74. The van der Waals surface area contributed by atoms with E-state index in [1.54, 1.807) is 4.90 Å². The molecule has 1 saturated heterocycles. The Morgan fingerprint density at radius 1 is 1.53 bits per heavy atom. The van der Waals surface area contributed by atoms with Gasteiger partial charge in [-0.3, -0.25) is 0 Å². The number of urea groups is 1. The van der Waals surface area contributed by atoms with Crippen molar-refractivity contribution in [3.63, 3.8) is 0 Å². The minimum absolute atomic E-state index is 0.0315. The van der Waals surface area contributed by atoms with Crippen LogP contribution in [0.4, 0.5) is 4.79 Å². The summed E-state index contributed by atoms with van der Waals surface area (Å²) in [5.41, 5.74) is 0. The molecule has 1 heterocycles. The number of carbonyl (C=O) groups excluding carboxylic acids is 1. The maximum atomic E-state index is 12.0. The first kappa shape index (κ1) is 15.3. The molecular weight excluding hydrogens is 248 g/mol. The van der Waals surface area contributed by atoms with E-state index in [0.717, 1.165) is 19.3 Å². The highest BCUT2D eigenvalue weighted by molar-refractivity contribution is 5.83. The molecule has 0 aromatic carbocycles. The molecule has 2 atom stereocenters. The number of likely N-dealkylation sites (tertiary alicyclic amines) is 1. The normalized spacial score (nSPS) is 19.8. The van der Waals surface area contributed by atoms with Gasteiger partial charge in [-0.2, -0.15) is 0 Å². The second-order valence-corrected chi connectivity index (χ2v) is 4.60. The zero-order valence-corrected chi connectivity index (χ0v) is 10.8. The van der Waals surface area contributed by atoms with Crippen molar-refractivity contribution >= 4 is 12.0 Å². The minimum Gasteiger partial charge on any atom is -0.480 e. The van der Waals surface area contributed by atoms with Gasteiger partial charge in [0.15, 0.2) is 0 Å². The second kappa shape index (κ2) is 7.64. The van der Waals surface area contributed by atoms with Crippen molar-refractivity contribution < 1.29 is 19.8 Å². The Morgan fingerprint density at radius 2 is 2.26 bits per heavy atom. The number of aliphatic hydroxyl groups is 1. The molecule has 0 aromatic heterocycles. The van der Waals surface area contributed by atoms with Crippen LogP contribution in [0.25, 0.3) is 0 Å². The number of nitrogens with zero attached hydrogens (tertiary/aromatic N) is 1. The highest BCUT2D eigenvalue weighted by Crippen LogP contribution is 2.21. The molecule has 106 valence electrons. The van der Waals surface area contributed by atoms with Crippen molar-refractivity contribution in [2.45, 2.75) is 44.2 Å². The fraction of sp³-hybridized carbons (Fsp3) is 0.692. The van der Waals surface area contributed by atoms with Crippen LogP contribution in [0.1, 0.15) is 32.1 Å². The summed E-state index contributed by atoms with van der Waals surface area (Å²) < 4.78 is 0. The Balaban J connectivity index is 2.55. The molecule has 2 unspecified atom stereocenters. The number of aliphatic hydroxyl groups excluding tert-OH is 1. The molecule has 1 rings (SSSR count). The molecule has 1 aliphatic heterocycles. The van der Waals surface area contributed by atoms with Crippen molar-refractivity contribution in [3.8, 4) is 12.3 Å². The number of terminal acetylenes is 1. The lowest BCUT2D eigenvalue weighted by atomic mass is 10.1. The molecule has 0 radical (unpaired) electrons. The summed E-state index contributed by atoms with van der Waals surface area (Å²) in [4.78, 5) is 24.6. The third-order valence-electron chi connectivity index (χ3n) is 3.25. The van der Waals surface area contributed by atoms with Gasteiger partial charge in [-0.1, -0.05) is 0 Å². The van der Waals surface area contributed by atoms with Crippen molar-refractivity contribution in [2.75, 3.05) is 13.2 Å². The van der Waals surface area contributed by atoms with Crippen molar-refractivity contribution in [1.82, 2.24) is 10.2 Å². The van der Waals surface area contributed by atoms with Gasteiger partial charge in [0, 0.05) is 25.6 Å². The summed E-state index contributed by atoms with van der Waals surface area (Å²) in [6, 6.07) is -1.35. The van der Waals surface area contributed by atoms with Crippen LogP contribution in [0.2, 0.25) is 0 Å². The van der Waals surface area contributed by atoms with Gasteiger partial charge >= 0.3 is 12.0 Å². The smallest absolute Gasteiger partial charge is 0.327 e. The summed E-state index contributed by atoms with van der Waals surface area (Å²) in [5, 5.41) is 20.2. The van der Waals surface area contributed by atoms with Crippen LogP contribution >= 0.6 is 0 Å². The van der Waals surface area contributed by atoms with E-state index in [-0.39, 0.29) is 25.1 Å². The largest absolute Gasteiger partial charge is 0.480 e. The van der Waals surface area contributed by atoms with Crippen LogP contribution in [-0.2, 0) is 4.79 Å². The lowest BCUT2D eigenvalue weighted by Crippen LogP contribution is -2.49. The fourth-order valence-corrected chi connectivity index (χ4v) is 2.28. The van der Waals surface area contributed by atoms with E-state index in [9.17, 15) is 9.59 Å². The summed E-state index contributed by atoms with van der Waals surface area (Å²) >= 11 is 0. The van der Waals surface area contributed by atoms with E-state index in [0.29, 0.717) is 13.0 Å². The van der Waals surface area contributed by atoms with E-state index >= 15 is 0 Å². The molecule has 0 aromatic rings. The third kappa shape index (κ3) is 4.45. The lowest BCUT2D eigenvalue weighted by molar-refractivity contribution is -0.139. The Morgan fingerprint density at radius 3 is 2.84 bits per heavy atom. The highest BCUT2D eigenvalue weighted by Gasteiger charge is 2.30. The quantitative estimate of drug-likeness (QED) is 0.609. The molecule has 3 N–H and O–H groups in total. The molecule has 2 amide bonds. The first-order valence-corrected chi connectivity index (χ1v) is 6.44. The lowest BCUT2D eigenvalue weighted by Gasteiger charge is -2.26. The molecule has 6 heteroatoms. The summed E-state index contributed by atoms with van der Waals surface area (Å²) in [6.45, 7) is 0.713. The van der Waals surface area contributed by atoms with Crippen molar-refractivity contribution in [1.29, 1.82) is 0 Å². The fourth-order valence-electron chi connectivity index (χ4n) is 2.28. The van der Waals surface area contributed by atoms with Crippen molar-refractivity contribution in [2.24, 2.45) is 0 Å². The molecule has 0 bridgehead atoms. The number of aliphatic carboxylic acids is 1. The van der Waals surface area contributed by atoms with Gasteiger partial charge in [0.1, 0.15) is 6.04 Å². The monoisotopic (exact) mass is 268 g/mol. The van der Waals surface area contributed by atoms with Crippen LogP contribution in [0, 0.1) is 12.3 Å². The molecular formula is C13H20N2O4. The van der Waals surface area contributed by atoms with Gasteiger partial charge in [-0.05, 0) is 25.7 Å². The van der Waals surface area contributed by atoms with Crippen molar-refractivity contribution in [3.05, 3.63) is 0 Å². The van der Waals surface area contributed by atoms with Gasteiger partial charge in [0.25, 0.3) is 0 Å². The van der Waals surface area contributed by atoms with Crippen LogP contribution in [0.15, 0.2) is 0 Å². The molecule has 1 aliphatic rings. The first-order chi connectivity index (χ1) is 9.10. The molecule has 0 aliphatic carbocycles. The van der Waals surface area contributed by atoms with Gasteiger partial charge in [-0.25, -0.2) is 9.59 Å². The van der Waals surface area contributed by atoms with Gasteiger partial charge in [0.2, 0.25) is 0 Å². The van der Waals surface area contributed by atoms with E-state index in [4.69, 9.17) is 16.6 Å². The van der Waals surface area contributed by atoms with Crippen LogP contribution < -0.4 is 5.32 Å². The number of nitrogens with one attached hydrogen (secondary N) is 1. The van der Waals surface area contributed by atoms with E-state index in [1.807, 2.05) is 0 Å². The van der Waals surface area contributed by atoms with Crippen LogP contribution in [0.5, 0.6) is 0 Å². The predicted molar refractivity (Wildman–Crippen MR) is 69.5 cm³/mol. The predicted octanol–water partition coefficient (Wildman–Crippen LogP) is 0.409. The van der Waals surface area contributed by atoms with Gasteiger partial charge < -0.3 is 20.4 Å².